The molecule has 0 unspecified atom stereocenters. The molecule has 34 valence electrons. The molecular weight excluding hydrogens is 132 g/mol. The fourth-order valence-corrected chi connectivity index (χ4v) is 0. The molecule has 5 heteroatoms. The van der Waals surface area contributed by atoms with E-state index >= 15 is 0 Å². The minimum absolute atomic E-state index is 0. The normalized spacial score (nSPS) is 5.29. The molecule has 0 saturated carbocycles. The third kappa shape index (κ3) is 18.2. The van der Waals surface area contributed by atoms with Gasteiger partial charge in [-0.3, -0.25) is 4.79 Å². The van der Waals surface area contributed by atoms with Crippen molar-refractivity contribution < 1.29 is 4.79 Å². The van der Waals surface area contributed by atoms with Crippen LogP contribution < -0.4 is 5.73 Å². The fraction of sp³-hybridized carbons (Fsp3) is 0.500. The molecule has 0 saturated heterocycles. The van der Waals surface area contributed by atoms with E-state index in [0.29, 0.717) is 0 Å². The van der Waals surface area contributed by atoms with Crippen LogP contribution in [-0.2, 0) is 4.79 Å². The van der Waals surface area contributed by atoms with Gasteiger partial charge in [0.05, 0.1) is 5.75 Å². The number of carbonyl (C=O) groups excluding carboxylic acids is 1. The molecule has 1 amide bonds. The number of hydrogen-bond donors (Lipinski definition) is 2. The molecule has 0 aliphatic carbocycles. The SMILES string of the molecule is NC(=O)CS.[NaH].[NaH]. The molecule has 0 radical (unpaired) electrons. The van der Waals surface area contributed by atoms with Gasteiger partial charge in [0.1, 0.15) is 0 Å². The minimum atomic E-state index is -0.381. The molecule has 0 aromatic heterocycles. The van der Waals surface area contributed by atoms with Crippen molar-refractivity contribution in [3.63, 3.8) is 0 Å². The molecule has 0 aliphatic rings. The van der Waals surface area contributed by atoms with Crippen molar-refractivity contribution in [2.24, 2.45) is 5.73 Å². The average Bonchev–Trinajstić information content (AvgIpc) is 1.38. The number of rotatable bonds is 1. The molecule has 0 fully saturated rings. The first-order chi connectivity index (χ1) is 2.27. The van der Waals surface area contributed by atoms with Gasteiger partial charge in [-0.2, -0.15) is 12.6 Å². The Morgan fingerprint density at radius 2 is 1.71 bits per heavy atom. The second-order valence-electron chi connectivity index (χ2n) is 0.624. The zero-order valence-electron chi connectivity index (χ0n) is 2.64. The Morgan fingerprint density at radius 3 is 1.71 bits per heavy atom. The van der Waals surface area contributed by atoms with E-state index in [0.717, 1.165) is 0 Å². The van der Waals surface area contributed by atoms with E-state index < -0.39 is 0 Å². The zero-order chi connectivity index (χ0) is 4.28. The third-order valence-electron chi connectivity index (χ3n) is 0.156. The van der Waals surface area contributed by atoms with Crippen LogP contribution in [0.1, 0.15) is 0 Å². The number of amides is 1. The standard InChI is InChI=1S/C2H5NOS.2Na.2H/c3-2(4)1-5;;;;/h5H,1H2,(H2,3,4);;;;. The van der Waals surface area contributed by atoms with E-state index in [-0.39, 0.29) is 70.8 Å². The Labute approximate surface area is 92.6 Å². The summed E-state index contributed by atoms with van der Waals surface area (Å²) in [5, 5.41) is 0. The molecule has 2 N–H and O–H groups in total. The summed E-state index contributed by atoms with van der Waals surface area (Å²) in [6.07, 6.45) is 0. The van der Waals surface area contributed by atoms with Crippen molar-refractivity contribution in [3.05, 3.63) is 0 Å². The Balaban J connectivity index is -0.0000000800. The third-order valence-corrected chi connectivity index (χ3v) is 0.468. The van der Waals surface area contributed by atoms with Gasteiger partial charge in [-0.1, -0.05) is 0 Å². The predicted octanol–water partition coefficient (Wildman–Crippen LogP) is -1.90. The van der Waals surface area contributed by atoms with Crippen molar-refractivity contribution in [1.29, 1.82) is 0 Å². The summed E-state index contributed by atoms with van der Waals surface area (Å²) in [5.41, 5.74) is 4.58. The summed E-state index contributed by atoms with van der Waals surface area (Å²) in [7, 11) is 0. The number of primary amides is 1. The van der Waals surface area contributed by atoms with Crippen LogP contribution in [0.15, 0.2) is 0 Å². The Hall–Kier alpha value is 1.82. The van der Waals surface area contributed by atoms with Crippen LogP contribution in [0.2, 0.25) is 0 Å². The van der Waals surface area contributed by atoms with Gasteiger partial charge in [-0.15, -0.1) is 0 Å². The maximum absolute atomic E-state index is 9.51. The Morgan fingerprint density at radius 1 is 1.57 bits per heavy atom. The predicted molar refractivity (Wildman–Crippen MR) is 37.3 cm³/mol. The molecule has 0 spiro atoms. The second kappa shape index (κ2) is 10.7. The van der Waals surface area contributed by atoms with Crippen LogP contribution in [0, 0.1) is 0 Å². The monoisotopic (exact) mass is 139 g/mol. The van der Waals surface area contributed by atoms with Gasteiger partial charge in [0.15, 0.2) is 0 Å². The van der Waals surface area contributed by atoms with Crippen molar-refractivity contribution >= 4 is 77.7 Å². The number of hydrogen-bond acceptors (Lipinski definition) is 2. The van der Waals surface area contributed by atoms with E-state index in [2.05, 4.69) is 18.4 Å². The quantitative estimate of drug-likeness (QED) is 0.323. The molecule has 0 rings (SSSR count). The van der Waals surface area contributed by atoms with Crippen LogP contribution >= 0.6 is 12.6 Å². The first kappa shape index (κ1) is 15.9. The van der Waals surface area contributed by atoms with Gasteiger partial charge >= 0.3 is 59.1 Å². The maximum atomic E-state index is 9.51. The van der Waals surface area contributed by atoms with Gasteiger partial charge in [0.25, 0.3) is 0 Å². The fourth-order valence-electron chi connectivity index (χ4n) is 0. The van der Waals surface area contributed by atoms with Crippen LogP contribution in [-0.4, -0.2) is 70.8 Å². The number of carbonyl (C=O) groups is 1. The summed E-state index contributed by atoms with van der Waals surface area (Å²) in [6.45, 7) is 0. The first-order valence-corrected chi connectivity index (χ1v) is 1.80. The number of nitrogens with two attached hydrogens (primary N) is 1. The van der Waals surface area contributed by atoms with Crippen LogP contribution in [0.5, 0.6) is 0 Å². The summed E-state index contributed by atoms with van der Waals surface area (Å²) in [5.74, 6) is -0.242. The second-order valence-corrected chi connectivity index (χ2v) is 0.941. The van der Waals surface area contributed by atoms with Gasteiger partial charge in [-0.25, -0.2) is 0 Å². The van der Waals surface area contributed by atoms with Gasteiger partial charge in [0, 0.05) is 0 Å². The van der Waals surface area contributed by atoms with Crippen LogP contribution in [0.3, 0.4) is 0 Å². The summed E-state index contributed by atoms with van der Waals surface area (Å²) >= 11 is 3.54. The van der Waals surface area contributed by atoms with Crippen molar-refractivity contribution in [3.8, 4) is 0 Å². The Kier molecular flexibility index (Phi) is 24.4. The summed E-state index contributed by atoms with van der Waals surface area (Å²) < 4.78 is 0. The Bertz CT molecular complexity index is 51.0. The average molecular weight is 139 g/mol. The molecule has 7 heavy (non-hydrogen) atoms. The number of thiol groups is 1. The van der Waals surface area contributed by atoms with E-state index in [9.17, 15) is 4.79 Å². The molecule has 0 aliphatic heterocycles. The topological polar surface area (TPSA) is 43.1 Å². The van der Waals surface area contributed by atoms with Crippen LogP contribution in [0.25, 0.3) is 0 Å². The van der Waals surface area contributed by atoms with E-state index in [1.807, 2.05) is 0 Å². The molecule has 0 atom stereocenters. The molecule has 2 nitrogen and oxygen atoms in total. The molecule has 0 aromatic rings. The molecule has 0 aromatic carbocycles. The molecular formula is C2H7NNa2OS. The van der Waals surface area contributed by atoms with Crippen LogP contribution in [0.4, 0.5) is 0 Å². The van der Waals surface area contributed by atoms with Gasteiger partial charge in [-0.05, 0) is 0 Å². The molecule has 0 heterocycles. The van der Waals surface area contributed by atoms with E-state index in [1.54, 1.807) is 0 Å². The van der Waals surface area contributed by atoms with Crippen molar-refractivity contribution in [2.75, 3.05) is 5.75 Å². The first-order valence-electron chi connectivity index (χ1n) is 1.16. The van der Waals surface area contributed by atoms with Gasteiger partial charge < -0.3 is 5.73 Å². The van der Waals surface area contributed by atoms with Gasteiger partial charge in [0.2, 0.25) is 5.91 Å². The van der Waals surface area contributed by atoms with E-state index in [4.69, 9.17) is 0 Å². The molecule has 0 bridgehead atoms. The van der Waals surface area contributed by atoms with E-state index in [1.165, 1.54) is 0 Å². The zero-order valence-corrected chi connectivity index (χ0v) is 3.53. The van der Waals surface area contributed by atoms with Crippen molar-refractivity contribution in [2.45, 2.75) is 0 Å². The van der Waals surface area contributed by atoms with Crippen molar-refractivity contribution in [1.82, 2.24) is 0 Å². The summed E-state index contributed by atoms with van der Waals surface area (Å²) in [6, 6.07) is 0. The summed E-state index contributed by atoms with van der Waals surface area (Å²) in [4.78, 5) is 9.51.